The summed E-state index contributed by atoms with van der Waals surface area (Å²) in [7, 11) is -1.73. The molecule has 0 amide bonds. The molecule has 0 bridgehead atoms. The molecule has 2 saturated carbocycles. The molecule has 4 heteroatoms. The van der Waals surface area contributed by atoms with Crippen LogP contribution >= 0.6 is 0 Å². The van der Waals surface area contributed by atoms with Crippen molar-refractivity contribution in [1.82, 2.24) is 0 Å². The molecular formula is C28H44O3Si. The van der Waals surface area contributed by atoms with Gasteiger partial charge in [0, 0.05) is 6.42 Å². The zero-order chi connectivity index (χ0) is 23.3. The average Bonchev–Trinajstić information content (AvgIpc) is 3.05. The number of carboxylic acids is 1. The molecule has 3 aliphatic rings. The van der Waals surface area contributed by atoms with E-state index in [1.165, 1.54) is 44.1 Å². The Labute approximate surface area is 196 Å². The van der Waals surface area contributed by atoms with Crippen LogP contribution in [0, 0.1) is 23.2 Å². The molecule has 0 radical (unpaired) electrons. The van der Waals surface area contributed by atoms with Crippen LogP contribution in [0.5, 0.6) is 0 Å². The molecule has 1 unspecified atom stereocenters. The summed E-state index contributed by atoms with van der Waals surface area (Å²) in [6.45, 7) is 14.8. The van der Waals surface area contributed by atoms with Crippen LogP contribution in [0.15, 0.2) is 18.2 Å². The zero-order valence-corrected chi connectivity index (χ0v) is 22.2. The van der Waals surface area contributed by atoms with E-state index in [0.29, 0.717) is 23.7 Å². The molecule has 0 heterocycles. The lowest BCUT2D eigenvalue weighted by atomic mass is 9.54. The number of hydrogen-bond donors (Lipinski definition) is 1. The molecule has 32 heavy (non-hydrogen) atoms. The van der Waals surface area contributed by atoms with Crippen molar-refractivity contribution < 1.29 is 14.3 Å². The number of benzene rings is 1. The number of carboxylic acid groups (broad SMARTS) is 1. The minimum absolute atomic E-state index is 0.243. The van der Waals surface area contributed by atoms with Gasteiger partial charge in [-0.25, -0.2) is 0 Å². The summed E-state index contributed by atoms with van der Waals surface area (Å²) in [6, 6.07) is 7.19. The van der Waals surface area contributed by atoms with Crippen LogP contribution in [0.4, 0.5) is 0 Å². The number of aryl methyl sites for hydroxylation is 1. The minimum Gasteiger partial charge on any atom is -0.481 e. The second-order valence-electron chi connectivity index (χ2n) is 12.7. The Bertz CT molecular complexity index is 855. The highest BCUT2D eigenvalue weighted by Crippen LogP contribution is 2.63. The lowest BCUT2D eigenvalue weighted by molar-refractivity contribution is -0.137. The fourth-order valence-electron chi connectivity index (χ4n) is 7.09. The van der Waals surface area contributed by atoms with Crippen LogP contribution < -0.4 is 0 Å². The summed E-state index contributed by atoms with van der Waals surface area (Å²) in [4.78, 5) is 11.2. The molecule has 2 fully saturated rings. The molecule has 3 aliphatic carbocycles. The summed E-state index contributed by atoms with van der Waals surface area (Å²) in [5, 5.41) is 9.43. The maximum atomic E-state index is 11.2. The third-order valence-electron chi connectivity index (χ3n) is 10.1. The number of fused-ring (bicyclic) bond motifs is 5. The highest BCUT2D eigenvalue weighted by molar-refractivity contribution is 6.74. The van der Waals surface area contributed by atoms with Crippen molar-refractivity contribution in [3.63, 3.8) is 0 Å². The van der Waals surface area contributed by atoms with Crippen LogP contribution in [-0.2, 0) is 22.2 Å². The number of rotatable bonds is 6. The Hall–Kier alpha value is -1.13. The first kappa shape index (κ1) is 24.0. The lowest BCUT2D eigenvalue weighted by Gasteiger charge is -2.51. The summed E-state index contributed by atoms with van der Waals surface area (Å²) in [5.74, 6) is 2.22. The first-order chi connectivity index (χ1) is 14.9. The van der Waals surface area contributed by atoms with Crippen molar-refractivity contribution in [2.24, 2.45) is 23.2 Å². The number of carbonyl (C=O) groups is 1. The van der Waals surface area contributed by atoms with E-state index in [2.05, 4.69) is 59.0 Å². The van der Waals surface area contributed by atoms with Gasteiger partial charge >= 0.3 is 5.97 Å². The predicted molar refractivity (Wildman–Crippen MR) is 133 cm³/mol. The predicted octanol–water partition coefficient (Wildman–Crippen LogP) is 7.55. The van der Waals surface area contributed by atoms with Gasteiger partial charge in [-0.05, 0) is 109 Å². The summed E-state index contributed by atoms with van der Waals surface area (Å²) in [5.41, 5.74) is 4.85. The van der Waals surface area contributed by atoms with Gasteiger partial charge in [0.05, 0.1) is 6.61 Å². The van der Waals surface area contributed by atoms with E-state index in [4.69, 9.17) is 4.43 Å². The molecule has 178 valence electrons. The molecular weight excluding hydrogens is 412 g/mol. The topological polar surface area (TPSA) is 46.5 Å². The monoisotopic (exact) mass is 456 g/mol. The van der Waals surface area contributed by atoms with E-state index in [1.807, 2.05) is 0 Å². The molecule has 1 N–H and O–H groups in total. The summed E-state index contributed by atoms with van der Waals surface area (Å²) >= 11 is 0. The first-order valence-corrected chi connectivity index (χ1v) is 15.8. The maximum Gasteiger partial charge on any atom is 0.303 e. The van der Waals surface area contributed by atoms with Crippen LogP contribution in [0.25, 0.3) is 0 Å². The van der Waals surface area contributed by atoms with Crippen LogP contribution in [0.2, 0.25) is 18.1 Å². The molecule has 0 aromatic heterocycles. The smallest absolute Gasteiger partial charge is 0.303 e. The molecule has 5 atom stereocenters. The third kappa shape index (κ3) is 4.34. The fraction of sp³-hybridized carbons (Fsp3) is 0.750. The van der Waals surface area contributed by atoms with E-state index in [0.717, 1.165) is 24.9 Å². The standard InChI is InChI=1S/C28H44O3Si/c1-27(2,3)32(5,6)31-18-19-7-11-22-20(17-19)8-12-24-23(22)15-16-28(4)21(9-13-25(24)28)10-14-26(29)30/h7,11,17,21,23-25H,8-10,12-16,18H2,1-6H3,(H,29,30)/t21?,23-,24-,25+,28-/m1/s1. The lowest BCUT2D eigenvalue weighted by Crippen LogP contribution is -2.42. The van der Waals surface area contributed by atoms with Crippen LogP contribution in [-0.4, -0.2) is 19.4 Å². The Morgan fingerprint density at radius 1 is 1.19 bits per heavy atom. The second-order valence-corrected chi connectivity index (χ2v) is 17.6. The first-order valence-electron chi connectivity index (χ1n) is 12.9. The molecule has 0 saturated heterocycles. The van der Waals surface area contributed by atoms with Gasteiger partial charge in [-0.2, -0.15) is 0 Å². The summed E-state index contributed by atoms with van der Waals surface area (Å²) < 4.78 is 6.50. The van der Waals surface area contributed by atoms with Gasteiger partial charge in [0.1, 0.15) is 0 Å². The van der Waals surface area contributed by atoms with E-state index < -0.39 is 14.3 Å². The van der Waals surface area contributed by atoms with Crippen LogP contribution in [0.3, 0.4) is 0 Å². The molecule has 3 nitrogen and oxygen atoms in total. The average molecular weight is 457 g/mol. The molecule has 1 aromatic rings. The molecule has 1 aromatic carbocycles. The minimum atomic E-state index is -1.73. The van der Waals surface area contributed by atoms with Gasteiger partial charge in [0.25, 0.3) is 0 Å². The number of aliphatic carboxylic acids is 1. The normalized spacial score (nSPS) is 32.2. The molecule has 0 spiro atoms. The van der Waals surface area contributed by atoms with Crippen molar-refractivity contribution in [2.75, 3.05) is 0 Å². The second kappa shape index (κ2) is 8.58. The highest BCUT2D eigenvalue weighted by Gasteiger charge is 2.54. The van der Waals surface area contributed by atoms with E-state index in [1.54, 1.807) is 11.1 Å². The summed E-state index contributed by atoms with van der Waals surface area (Å²) in [6.07, 6.45) is 8.77. The largest absolute Gasteiger partial charge is 0.481 e. The van der Waals surface area contributed by atoms with E-state index in [-0.39, 0.29) is 5.04 Å². The molecule has 4 rings (SSSR count). The Morgan fingerprint density at radius 2 is 1.94 bits per heavy atom. The zero-order valence-electron chi connectivity index (χ0n) is 21.2. The fourth-order valence-corrected chi connectivity index (χ4v) is 8.05. The quantitative estimate of drug-likeness (QED) is 0.450. The van der Waals surface area contributed by atoms with Crippen LogP contribution in [0.1, 0.15) is 95.2 Å². The molecule has 0 aliphatic heterocycles. The van der Waals surface area contributed by atoms with Gasteiger partial charge in [-0.15, -0.1) is 0 Å². The van der Waals surface area contributed by atoms with Crippen molar-refractivity contribution in [3.8, 4) is 0 Å². The third-order valence-corrected chi connectivity index (χ3v) is 14.6. The number of hydrogen-bond acceptors (Lipinski definition) is 2. The van der Waals surface area contributed by atoms with Gasteiger partial charge in [-0.3, -0.25) is 4.79 Å². The van der Waals surface area contributed by atoms with Crippen molar-refractivity contribution in [1.29, 1.82) is 0 Å². The maximum absolute atomic E-state index is 11.2. The Balaban J connectivity index is 1.47. The van der Waals surface area contributed by atoms with E-state index >= 15 is 0 Å². The van der Waals surface area contributed by atoms with E-state index in [9.17, 15) is 9.90 Å². The van der Waals surface area contributed by atoms with Crippen molar-refractivity contribution in [2.45, 2.75) is 110 Å². The Kier molecular flexibility index (Phi) is 6.43. The van der Waals surface area contributed by atoms with Gasteiger partial charge in [-0.1, -0.05) is 45.9 Å². The highest BCUT2D eigenvalue weighted by atomic mass is 28.4. The van der Waals surface area contributed by atoms with Crippen molar-refractivity contribution >= 4 is 14.3 Å². The SMILES string of the molecule is CC(C)(C)[Si](C)(C)OCc1ccc2c(c1)CC[C@@H]1[C@@H]2CC[C@]2(C)C(CCC(=O)O)CC[C@@H]12. The van der Waals surface area contributed by atoms with Gasteiger partial charge < -0.3 is 9.53 Å². The van der Waals surface area contributed by atoms with Gasteiger partial charge in [0.2, 0.25) is 0 Å². The van der Waals surface area contributed by atoms with Gasteiger partial charge in [0.15, 0.2) is 8.32 Å². The van der Waals surface area contributed by atoms with Crippen molar-refractivity contribution in [3.05, 3.63) is 34.9 Å². The Morgan fingerprint density at radius 3 is 2.62 bits per heavy atom.